The number of hydrogen-bond acceptors (Lipinski definition) is 1. The molecule has 0 atom stereocenters. The van der Waals surface area contributed by atoms with Gasteiger partial charge >= 0.3 is 6.18 Å². The first-order valence-corrected chi connectivity index (χ1v) is 4.04. The number of fused-ring (bicyclic) bond motifs is 1. The SMILES string of the molecule is Cc1cc2cc(C(F)(F)F)ccc2o1. The summed E-state index contributed by atoms with van der Waals surface area (Å²) in [7, 11) is 0. The Labute approximate surface area is 78.1 Å². The van der Waals surface area contributed by atoms with Crippen LogP contribution in [0.5, 0.6) is 0 Å². The Bertz CT molecular complexity index is 468. The predicted molar refractivity (Wildman–Crippen MR) is 46.0 cm³/mol. The van der Waals surface area contributed by atoms with Gasteiger partial charge in [-0.15, -0.1) is 0 Å². The third kappa shape index (κ3) is 1.47. The summed E-state index contributed by atoms with van der Waals surface area (Å²) in [5.41, 5.74) is -0.165. The van der Waals surface area contributed by atoms with Gasteiger partial charge in [0, 0.05) is 5.39 Å². The van der Waals surface area contributed by atoms with Crippen molar-refractivity contribution in [1.82, 2.24) is 0 Å². The molecule has 2 rings (SSSR count). The molecule has 14 heavy (non-hydrogen) atoms. The van der Waals surface area contributed by atoms with Gasteiger partial charge in [-0.25, -0.2) is 0 Å². The van der Waals surface area contributed by atoms with E-state index < -0.39 is 11.7 Å². The number of hydrogen-bond donors (Lipinski definition) is 0. The van der Waals surface area contributed by atoms with Gasteiger partial charge in [-0.05, 0) is 31.2 Å². The van der Waals surface area contributed by atoms with Crippen LogP contribution in [-0.4, -0.2) is 0 Å². The summed E-state index contributed by atoms with van der Waals surface area (Å²) in [5.74, 6) is 0.610. The molecule has 0 aliphatic rings. The Morgan fingerprint density at radius 3 is 2.50 bits per heavy atom. The molecule has 1 heterocycles. The summed E-state index contributed by atoms with van der Waals surface area (Å²) in [6.07, 6.45) is -4.29. The van der Waals surface area contributed by atoms with E-state index in [1.807, 2.05) is 0 Å². The van der Waals surface area contributed by atoms with Crippen molar-refractivity contribution in [3.05, 3.63) is 35.6 Å². The van der Waals surface area contributed by atoms with Crippen LogP contribution in [-0.2, 0) is 6.18 Å². The lowest BCUT2D eigenvalue weighted by Crippen LogP contribution is -2.03. The summed E-state index contributed by atoms with van der Waals surface area (Å²) in [6, 6.07) is 5.03. The van der Waals surface area contributed by atoms with E-state index in [1.54, 1.807) is 13.0 Å². The third-order valence-electron chi connectivity index (χ3n) is 1.97. The highest BCUT2D eigenvalue weighted by Crippen LogP contribution is 2.32. The molecule has 0 saturated heterocycles. The minimum Gasteiger partial charge on any atom is -0.461 e. The average Bonchev–Trinajstić information content (AvgIpc) is 2.41. The number of halogens is 3. The summed E-state index contributed by atoms with van der Waals surface area (Å²) >= 11 is 0. The van der Waals surface area contributed by atoms with E-state index in [2.05, 4.69) is 0 Å². The molecule has 0 saturated carbocycles. The molecule has 0 amide bonds. The van der Waals surface area contributed by atoms with Crippen LogP contribution >= 0.6 is 0 Å². The minimum absolute atomic E-state index is 0.482. The molecule has 74 valence electrons. The second kappa shape index (κ2) is 2.77. The van der Waals surface area contributed by atoms with Crippen molar-refractivity contribution in [2.45, 2.75) is 13.1 Å². The maximum absolute atomic E-state index is 12.3. The summed E-state index contributed by atoms with van der Waals surface area (Å²) in [5, 5.41) is 0.484. The second-order valence-corrected chi connectivity index (χ2v) is 3.11. The van der Waals surface area contributed by atoms with Gasteiger partial charge in [0.25, 0.3) is 0 Å². The Morgan fingerprint density at radius 1 is 1.14 bits per heavy atom. The van der Waals surface area contributed by atoms with Crippen LogP contribution in [0.1, 0.15) is 11.3 Å². The summed E-state index contributed by atoms with van der Waals surface area (Å²) in [6.45, 7) is 1.70. The first-order chi connectivity index (χ1) is 6.47. The van der Waals surface area contributed by atoms with Crippen molar-refractivity contribution in [3.8, 4) is 0 Å². The number of aryl methyl sites for hydroxylation is 1. The van der Waals surface area contributed by atoms with Gasteiger partial charge in [0.05, 0.1) is 5.56 Å². The number of alkyl halides is 3. The van der Waals surface area contributed by atoms with Crippen LogP contribution in [0.4, 0.5) is 13.2 Å². The zero-order valence-electron chi connectivity index (χ0n) is 7.35. The van der Waals surface area contributed by atoms with Gasteiger partial charge in [-0.3, -0.25) is 0 Å². The quantitative estimate of drug-likeness (QED) is 0.631. The fraction of sp³-hybridized carbons (Fsp3) is 0.200. The highest BCUT2D eigenvalue weighted by molar-refractivity contribution is 5.78. The fourth-order valence-electron chi connectivity index (χ4n) is 1.35. The van der Waals surface area contributed by atoms with E-state index in [9.17, 15) is 13.2 Å². The molecule has 0 bridgehead atoms. The largest absolute Gasteiger partial charge is 0.461 e. The van der Waals surface area contributed by atoms with E-state index in [0.29, 0.717) is 16.7 Å². The van der Waals surface area contributed by atoms with Gasteiger partial charge in [-0.1, -0.05) is 0 Å². The topological polar surface area (TPSA) is 13.1 Å². The number of furan rings is 1. The molecule has 2 aromatic rings. The van der Waals surface area contributed by atoms with Gasteiger partial charge in [0.15, 0.2) is 0 Å². The van der Waals surface area contributed by atoms with Gasteiger partial charge in [-0.2, -0.15) is 13.2 Å². The molecular weight excluding hydrogens is 193 g/mol. The molecule has 4 heteroatoms. The lowest BCUT2D eigenvalue weighted by Gasteiger charge is -2.04. The molecule has 0 spiro atoms. The molecular formula is C10H7F3O. The zero-order valence-corrected chi connectivity index (χ0v) is 7.35. The van der Waals surface area contributed by atoms with E-state index in [0.717, 1.165) is 12.1 Å². The summed E-state index contributed by atoms with van der Waals surface area (Å²) < 4.78 is 42.0. The molecule has 1 aromatic heterocycles. The Kier molecular flexibility index (Phi) is 1.80. The molecule has 1 aromatic carbocycles. The van der Waals surface area contributed by atoms with Gasteiger partial charge in [0.1, 0.15) is 11.3 Å². The van der Waals surface area contributed by atoms with Gasteiger partial charge < -0.3 is 4.42 Å². The average molecular weight is 200 g/mol. The van der Waals surface area contributed by atoms with Crippen LogP contribution in [0, 0.1) is 6.92 Å². The third-order valence-corrected chi connectivity index (χ3v) is 1.97. The maximum Gasteiger partial charge on any atom is 0.416 e. The smallest absolute Gasteiger partial charge is 0.416 e. The van der Waals surface area contributed by atoms with Crippen LogP contribution in [0.3, 0.4) is 0 Å². The maximum atomic E-state index is 12.3. The van der Waals surface area contributed by atoms with E-state index in [1.165, 1.54) is 6.07 Å². The van der Waals surface area contributed by atoms with Crippen LogP contribution in [0.25, 0.3) is 11.0 Å². The minimum atomic E-state index is -4.29. The lowest BCUT2D eigenvalue weighted by atomic mass is 10.1. The van der Waals surface area contributed by atoms with Crippen LogP contribution in [0.15, 0.2) is 28.7 Å². The monoisotopic (exact) mass is 200 g/mol. The normalized spacial score (nSPS) is 12.3. The number of benzene rings is 1. The van der Waals surface area contributed by atoms with Crippen molar-refractivity contribution < 1.29 is 17.6 Å². The Hall–Kier alpha value is -1.45. The van der Waals surface area contributed by atoms with Crippen molar-refractivity contribution in [1.29, 1.82) is 0 Å². The summed E-state index contributed by atoms with van der Waals surface area (Å²) in [4.78, 5) is 0. The second-order valence-electron chi connectivity index (χ2n) is 3.11. The highest BCUT2D eigenvalue weighted by atomic mass is 19.4. The standard InChI is InChI=1S/C10H7F3O/c1-6-4-7-5-8(10(11,12)13)2-3-9(7)14-6/h2-5H,1H3. The molecule has 0 N–H and O–H groups in total. The highest BCUT2D eigenvalue weighted by Gasteiger charge is 2.30. The van der Waals surface area contributed by atoms with E-state index in [-0.39, 0.29) is 0 Å². The van der Waals surface area contributed by atoms with E-state index >= 15 is 0 Å². The van der Waals surface area contributed by atoms with Crippen molar-refractivity contribution in [2.24, 2.45) is 0 Å². The first-order valence-electron chi connectivity index (χ1n) is 4.04. The molecule has 0 fully saturated rings. The van der Waals surface area contributed by atoms with Crippen LogP contribution < -0.4 is 0 Å². The Balaban J connectivity index is 2.62. The number of rotatable bonds is 0. The molecule has 0 aliphatic heterocycles. The van der Waals surface area contributed by atoms with Gasteiger partial charge in [0.2, 0.25) is 0 Å². The van der Waals surface area contributed by atoms with E-state index in [4.69, 9.17) is 4.42 Å². The van der Waals surface area contributed by atoms with Crippen LogP contribution in [0.2, 0.25) is 0 Å². The fourth-order valence-corrected chi connectivity index (χ4v) is 1.35. The van der Waals surface area contributed by atoms with Crippen molar-refractivity contribution >= 4 is 11.0 Å². The van der Waals surface area contributed by atoms with Crippen molar-refractivity contribution in [2.75, 3.05) is 0 Å². The first kappa shape index (κ1) is 9.12. The zero-order chi connectivity index (χ0) is 10.3. The molecule has 0 aliphatic carbocycles. The Morgan fingerprint density at radius 2 is 1.86 bits per heavy atom. The predicted octanol–water partition coefficient (Wildman–Crippen LogP) is 3.76. The van der Waals surface area contributed by atoms with Crippen molar-refractivity contribution in [3.63, 3.8) is 0 Å². The lowest BCUT2D eigenvalue weighted by molar-refractivity contribution is -0.137. The molecule has 0 radical (unpaired) electrons. The molecule has 0 unspecified atom stereocenters. The molecule has 1 nitrogen and oxygen atoms in total.